The maximum atomic E-state index is 11.8. The van der Waals surface area contributed by atoms with Crippen molar-refractivity contribution in [2.75, 3.05) is 6.54 Å². The predicted molar refractivity (Wildman–Crippen MR) is 52.8 cm³/mol. The summed E-state index contributed by atoms with van der Waals surface area (Å²) in [7, 11) is 0. The molecule has 0 fully saturated rings. The fourth-order valence-corrected chi connectivity index (χ4v) is 1.29. The molecule has 0 aliphatic heterocycles. The molecule has 1 aromatic rings. The van der Waals surface area contributed by atoms with Gasteiger partial charge in [0.15, 0.2) is 5.69 Å². The largest absolute Gasteiger partial charge is 0.335 e. The van der Waals surface area contributed by atoms with Gasteiger partial charge in [-0.2, -0.15) is 15.4 Å². The van der Waals surface area contributed by atoms with Crippen LogP contribution in [-0.2, 0) is 0 Å². The lowest BCUT2D eigenvalue weighted by atomic mass is 10.2. The quantitative estimate of drug-likeness (QED) is 0.783. The van der Waals surface area contributed by atoms with Crippen molar-refractivity contribution in [1.29, 1.82) is 0 Å². The molecule has 0 aromatic carbocycles. The molecule has 0 atom stereocenters. The van der Waals surface area contributed by atoms with Crippen molar-refractivity contribution >= 4 is 5.91 Å². The zero-order chi connectivity index (χ0) is 10.6. The number of amides is 1. The van der Waals surface area contributed by atoms with E-state index in [0.717, 1.165) is 13.0 Å². The number of rotatable bonds is 4. The van der Waals surface area contributed by atoms with Crippen LogP contribution in [0.25, 0.3) is 0 Å². The van der Waals surface area contributed by atoms with Crippen LogP contribution < -0.4 is 0 Å². The van der Waals surface area contributed by atoms with E-state index in [2.05, 4.69) is 15.4 Å². The lowest BCUT2D eigenvalue weighted by molar-refractivity contribution is 0.0700. The Balaban J connectivity index is 2.74. The smallest absolute Gasteiger partial charge is 0.276 e. The third-order valence-corrected chi connectivity index (χ3v) is 1.98. The molecule has 0 aliphatic carbocycles. The Hall–Kier alpha value is -1.39. The first-order chi connectivity index (χ1) is 6.66. The van der Waals surface area contributed by atoms with E-state index in [1.54, 1.807) is 4.90 Å². The number of carbonyl (C=O) groups is 1. The minimum atomic E-state index is -0.0596. The first-order valence-corrected chi connectivity index (χ1v) is 4.83. The average Bonchev–Trinajstić information content (AvgIpc) is 2.65. The first-order valence-electron chi connectivity index (χ1n) is 4.83. The van der Waals surface area contributed by atoms with Gasteiger partial charge in [0.1, 0.15) is 0 Å². The number of hydrogen-bond donors (Lipinski definition) is 1. The summed E-state index contributed by atoms with van der Waals surface area (Å²) in [6.45, 7) is 6.79. The number of hydrogen-bond acceptors (Lipinski definition) is 3. The van der Waals surface area contributed by atoms with Crippen LogP contribution in [0, 0.1) is 0 Å². The highest BCUT2D eigenvalue weighted by molar-refractivity contribution is 5.92. The second kappa shape index (κ2) is 4.74. The molecular weight excluding hydrogens is 180 g/mol. The summed E-state index contributed by atoms with van der Waals surface area (Å²) >= 11 is 0. The molecule has 0 bridgehead atoms. The van der Waals surface area contributed by atoms with Gasteiger partial charge in [-0.25, -0.2) is 0 Å². The van der Waals surface area contributed by atoms with Gasteiger partial charge in [-0.1, -0.05) is 6.92 Å². The molecule has 0 radical (unpaired) electrons. The third-order valence-electron chi connectivity index (χ3n) is 1.98. The Morgan fingerprint density at radius 1 is 1.64 bits per heavy atom. The van der Waals surface area contributed by atoms with E-state index in [-0.39, 0.29) is 11.9 Å². The summed E-state index contributed by atoms with van der Waals surface area (Å²) in [5.41, 5.74) is 0.382. The van der Waals surface area contributed by atoms with Gasteiger partial charge in [-0.15, -0.1) is 0 Å². The predicted octanol–water partition coefficient (Wildman–Crippen LogP) is 1.07. The standard InChI is InChI=1S/C9H16N4O/c1-4-5-13(7(2)3)9(14)8-6-10-12-11-8/h6-7H,4-5H2,1-3H3,(H,10,11,12). The molecule has 5 heteroatoms. The molecule has 0 aliphatic rings. The fraction of sp³-hybridized carbons (Fsp3) is 0.667. The van der Waals surface area contributed by atoms with Crippen molar-refractivity contribution in [3.63, 3.8) is 0 Å². The molecule has 0 saturated heterocycles. The van der Waals surface area contributed by atoms with Gasteiger partial charge < -0.3 is 4.90 Å². The van der Waals surface area contributed by atoms with Gasteiger partial charge in [0.05, 0.1) is 6.20 Å². The number of aromatic amines is 1. The van der Waals surface area contributed by atoms with Crippen LogP contribution in [0.3, 0.4) is 0 Å². The summed E-state index contributed by atoms with van der Waals surface area (Å²) in [6.07, 6.45) is 2.40. The molecule has 5 nitrogen and oxygen atoms in total. The number of aromatic nitrogens is 3. The van der Waals surface area contributed by atoms with E-state index in [4.69, 9.17) is 0 Å². The molecule has 1 N–H and O–H groups in total. The molecule has 0 spiro atoms. The van der Waals surface area contributed by atoms with E-state index in [1.165, 1.54) is 6.20 Å². The normalized spacial score (nSPS) is 10.6. The highest BCUT2D eigenvalue weighted by atomic mass is 16.2. The molecule has 1 amide bonds. The van der Waals surface area contributed by atoms with Crippen LogP contribution >= 0.6 is 0 Å². The molecule has 1 rings (SSSR count). The fourth-order valence-electron chi connectivity index (χ4n) is 1.29. The lowest BCUT2D eigenvalue weighted by Crippen LogP contribution is -2.37. The number of carbonyl (C=O) groups excluding carboxylic acids is 1. The van der Waals surface area contributed by atoms with Crippen LogP contribution in [-0.4, -0.2) is 38.8 Å². The van der Waals surface area contributed by atoms with E-state index in [0.29, 0.717) is 5.69 Å². The first kappa shape index (κ1) is 10.7. The van der Waals surface area contributed by atoms with Crippen molar-refractivity contribution in [1.82, 2.24) is 20.3 Å². The van der Waals surface area contributed by atoms with Crippen molar-refractivity contribution in [3.8, 4) is 0 Å². The Kier molecular flexibility index (Phi) is 3.62. The third kappa shape index (κ3) is 2.31. The van der Waals surface area contributed by atoms with Crippen LogP contribution in [0.2, 0.25) is 0 Å². The lowest BCUT2D eigenvalue weighted by Gasteiger charge is -2.25. The molecular formula is C9H16N4O. The number of nitrogens with one attached hydrogen (secondary N) is 1. The molecule has 1 aromatic heterocycles. The monoisotopic (exact) mass is 196 g/mol. The SMILES string of the molecule is CCCN(C(=O)c1cn[nH]n1)C(C)C. The minimum Gasteiger partial charge on any atom is -0.335 e. The molecule has 78 valence electrons. The molecule has 0 unspecified atom stereocenters. The zero-order valence-electron chi connectivity index (χ0n) is 8.82. The van der Waals surface area contributed by atoms with Crippen LogP contribution in [0.5, 0.6) is 0 Å². The maximum absolute atomic E-state index is 11.8. The van der Waals surface area contributed by atoms with Gasteiger partial charge in [-0.05, 0) is 20.3 Å². The van der Waals surface area contributed by atoms with Crippen LogP contribution in [0.15, 0.2) is 6.20 Å². The number of H-pyrrole nitrogens is 1. The van der Waals surface area contributed by atoms with Gasteiger partial charge in [0, 0.05) is 12.6 Å². The van der Waals surface area contributed by atoms with E-state index in [9.17, 15) is 4.79 Å². The van der Waals surface area contributed by atoms with Gasteiger partial charge in [0.25, 0.3) is 5.91 Å². The van der Waals surface area contributed by atoms with Gasteiger partial charge in [-0.3, -0.25) is 4.79 Å². The summed E-state index contributed by atoms with van der Waals surface area (Å²) < 4.78 is 0. The zero-order valence-corrected chi connectivity index (χ0v) is 8.82. The van der Waals surface area contributed by atoms with Crippen molar-refractivity contribution in [2.45, 2.75) is 33.2 Å². The second-order valence-corrected chi connectivity index (χ2v) is 3.45. The maximum Gasteiger partial charge on any atom is 0.276 e. The molecule has 0 saturated carbocycles. The summed E-state index contributed by atoms with van der Waals surface area (Å²) in [5, 5.41) is 9.83. The van der Waals surface area contributed by atoms with Crippen molar-refractivity contribution in [2.24, 2.45) is 0 Å². The van der Waals surface area contributed by atoms with E-state index < -0.39 is 0 Å². The Morgan fingerprint density at radius 3 is 2.79 bits per heavy atom. The summed E-state index contributed by atoms with van der Waals surface area (Å²) in [4.78, 5) is 13.6. The van der Waals surface area contributed by atoms with E-state index in [1.807, 2.05) is 20.8 Å². The Labute approximate surface area is 83.5 Å². The molecule has 14 heavy (non-hydrogen) atoms. The number of nitrogens with zero attached hydrogens (tertiary/aromatic N) is 3. The highest BCUT2D eigenvalue weighted by Crippen LogP contribution is 2.05. The van der Waals surface area contributed by atoms with Crippen LogP contribution in [0.4, 0.5) is 0 Å². The minimum absolute atomic E-state index is 0.0596. The highest BCUT2D eigenvalue weighted by Gasteiger charge is 2.19. The van der Waals surface area contributed by atoms with E-state index >= 15 is 0 Å². The Morgan fingerprint density at radius 2 is 2.36 bits per heavy atom. The van der Waals surface area contributed by atoms with Crippen molar-refractivity contribution in [3.05, 3.63) is 11.9 Å². The topological polar surface area (TPSA) is 61.9 Å². The summed E-state index contributed by atoms with van der Waals surface area (Å²) in [5.74, 6) is -0.0596. The summed E-state index contributed by atoms with van der Waals surface area (Å²) in [6, 6.07) is 0.194. The second-order valence-electron chi connectivity index (χ2n) is 3.45. The average molecular weight is 196 g/mol. The molecule has 1 heterocycles. The van der Waals surface area contributed by atoms with Crippen molar-refractivity contribution < 1.29 is 4.79 Å². The Bertz CT molecular complexity index is 281. The van der Waals surface area contributed by atoms with Gasteiger partial charge in [0.2, 0.25) is 0 Å². The van der Waals surface area contributed by atoms with Gasteiger partial charge >= 0.3 is 0 Å². The van der Waals surface area contributed by atoms with Crippen LogP contribution in [0.1, 0.15) is 37.7 Å².